The van der Waals surface area contributed by atoms with E-state index >= 15 is 0 Å². The van der Waals surface area contributed by atoms with Crippen molar-refractivity contribution in [2.45, 2.75) is 25.4 Å². The van der Waals surface area contributed by atoms with Crippen LogP contribution in [-0.2, 0) is 4.74 Å². The van der Waals surface area contributed by atoms with Gasteiger partial charge in [0.25, 0.3) is 0 Å². The number of aromatic amines is 1. The van der Waals surface area contributed by atoms with Crippen molar-refractivity contribution in [2.75, 3.05) is 6.61 Å². The van der Waals surface area contributed by atoms with Crippen molar-refractivity contribution >= 4 is 16.7 Å². The highest BCUT2D eigenvalue weighted by Gasteiger charge is 2.22. The van der Waals surface area contributed by atoms with Crippen LogP contribution in [0.25, 0.3) is 10.9 Å². The van der Waals surface area contributed by atoms with Gasteiger partial charge in [0.15, 0.2) is 5.78 Å². The molecule has 1 saturated heterocycles. The van der Waals surface area contributed by atoms with Gasteiger partial charge < -0.3 is 9.72 Å². The van der Waals surface area contributed by atoms with Gasteiger partial charge in [-0.3, -0.25) is 4.79 Å². The van der Waals surface area contributed by atoms with Crippen molar-refractivity contribution in [3.8, 4) is 6.07 Å². The maximum absolute atomic E-state index is 12.3. The fourth-order valence-corrected chi connectivity index (χ4v) is 2.62. The Bertz CT molecular complexity index is 660. The summed E-state index contributed by atoms with van der Waals surface area (Å²) in [7, 11) is 0. The molecule has 1 fully saturated rings. The van der Waals surface area contributed by atoms with E-state index in [-0.39, 0.29) is 11.9 Å². The second kappa shape index (κ2) is 4.87. The number of ether oxygens (including phenoxy) is 1. The van der Waals surface area contributed by atoms with Crippen LogP contribution in [0.3, 0.4) is 0 Å². The SMILES string of the molecule is N#Cc1cccc2[nH]cc(C(=O)CC3CCCO3)c12. The van der Waals surface area contributed by atoms with Crippen LogP contribution in [0.5, 0.6) is 0 Å². The number of carbonyl (C=O) groups is 1. The van der Waals surface area contributed by atoms with Gasteiger partial charge in [-0.1, -0.05) is 6.07 Å². The largest absolute Gasteiger partial charge is 0.378 e. The summed E-state index contributed by atoms with van der Waals surface area (Å²) >= 11 is 0. The molecule has 0 saturated carbocycles. The van der Waals surface area contributed by atoms with E-state index in [1.165, 1.54) is 0 Å². The maximum Gasteiger partial charge on any atom is 0.167 e. The van der Waals surface area contributed by atoms with E-state index < -0.39 is 0 Å². The van der Waals surface area contributed by atoms with Crippen LogP contribution in [0.15, 0.2) is 24.4 Å². The average molecular weight is 254 g/mol. The fraction of sp³-hybridized carbons (Fsp3) is 0.333. The molecular weight excluding hydrogens is 240 g/mol. The molecule has 0 aliphatic carbocycles. The number of Topliss-reactive ketones (excluding diaryl/α,β-unsaturated/α-hetero) is 1. The molecule has 4 heteroatoms. The minimum absolute atomic E-state index is 0.0340. The third-order valence-corrected chi connectivity index (χ3v) is 3.56. The van der Waals surface area contributed by atoms with Gasteiger partial charge in [0, 0.05) is 35.7 Å². The zero-order valence-corrected chi connectivity index (χ0v) is 10.5. The highest BCUT2D eigenvalue weighted by Crippen LogP contribution is 2.25. The first kappa shape index (κ1) is 11.9. The van der Waals surface area contributed by atoms with Crippen LogP contribution in [0.4, 0.5) is 0 Å². The molecule has 1 aromatic heterocycles. The quantitative estimate of drug-likeness (QED) is 0.856. The lowest BCUT2D eigenvalue weighted by atomic mass is 10.0. The van der Waals surface area contributed by atoms with Crippen LogP contribution >= 0.6 is 0 Å². The summed E-state index contributed by atoms with van der Waals surface area (Å²) in [5.74, 6) is 0.0425. The Balaban J connectivity index is 1.96. The number of fused-ring (bicyclic) bond motifs is 1. The highest BCUT2D eigenvalue weighted by atomic mass is 16.5. The Labute approximate surface area is 111 Å². The number of nitrogens with zero attached hydrogens (tertiary/aromatic N) is 1. The smallest absolute Gasteiger partial charge is 0.167 e. The van der Waals surface area contributed by atoms with Crippen LogP contribution < -0.4 is 0 Å². The van der Waals surface area contributed by atoms with Gasteiger partial charge in [0.05, 0.1) is 17.7 Å². The number of ketones is 1. The first-order valence-electron chi connectivity index (χ1n) is 6.44. The summed E-state index contributed by atoms with van der Waals surface area (Å²) in [6.07, 6.45) is 4.09. The number of carbonyl (C=O) groups excluding carboxylic acids is 1. The molecule has 96 valence electrons. The van der Waals surface area contributed by atoms with Crippen molar-refractivity contribution in [3.05, 3.63) is 35.5 Å². The van der Waals surface area contributed by atoms with Gasteiger partial charge in [-0.05, 0) is 25.0 Å². The Hall–Kier alpha value is -2.12. The lowest BCUT2D eigenvalue weighted by molar-refractivity contribution is 0.0777. The standard InChI is InChI=1S/C15H14N2O2/c16-8-10-3-1-5-13-15(10)12(9-17-13)14(18)7-11-4-2-6-19-11/h1,3,5,9,11,17H,2,4,6-7H2. The second-order valence-corrected chi connectivity index (χ2v) is 4.80. The molecule has 0 spiro atoms. The molecule has 4 nitrogen and oxygen atoms in total. The number of benzene rings is 1. The second-order valence-electron chi connectivity index (χ2n) is 4.80. The van der Waals surface area contributed by atoms with Crippen LogP contribution in [0.2, 0.25) is 0 Å². The van der Waals surface area contributed by atoms with Crippen molar-refractivity contribution in [1.29, 1.82) is 5.26 Å². The molecule has 1 N–H and O–H groups in total. The summed E-state index contributed by atoms with van der Waals surface area (Å²) in [4.78, 5) is 15.4. The summed E-state index contributed by atoms with van der Waals surface area (Å²) in [6, 6.07) is 7.56. The van der Waals surface area contributed by atoms with E-state index in [9.17, 15) is 4.79 Å². The minimum atomic E-state index is 0.0340. The van der Waals surface area contributed by atoms with Crippen LogP contribution in [0.1, 0.15) is 35.2 Å². The lowest BCUT2D eigenvalue weighted by Gasteiger charge is -2.07. The third-order valence-electron chi connectivity index (χ3n) is 3.56. The molecule has 0 bridgehead atoms. The molecule has 1 atom stereocenters. The van der Waals surface area contributed by atoms with Crippen LogP contribution in [0, 0.1) is 11.3 Å². The molecule has 1 aliphatic rings. The molecule has 0 amide bonds. The van der Waals surface area contributed by atoms with Crippen LogP contribution in [-0.4, -0.2) is 23.5 Å². The van der Waals surface area contributed by atoms with E-state index in [2.05, 4.69) is 11.1 Å². The Morgan fingerprint density at radius 1 is 1.53 bits per heavy atom. The molecule has 19 heavy (non-hydrogen) atoms. The summed E-state index contributed by atoms with van der Waals surface area (Å²) < 4.78 is 5.49. The Kier molecular flexibility index (Phi) is 3.06. The van der Waals surface area contributed by atoms with Gasteiger partial charge in [0.1, 0.15) is 0 Å². The van der Waals surface area contributed by atoms with Crippen molar-refractivity contribution < 1.29 is 9.53 Å². The zero-order chi connectivity index (χ0) is 13.2. The number of nitrogens with one attached hydrogen (secondary N) is 1. The van der Waals surface area contributed by atoms with Gasteiger partial charge in [-0.2, -0.15) is 5.26 Å². The number of hydrogen-bond donors (Lipinski definition) is 1. The van der Waals surface area contributed by atoms with Crippen molar-refractivity contribution in [1.82, 2.24) is 4.98 Å². The van der Waals surface area contributed by atoms with Gasteiger partial charge in [-0.25, -0.2) is 0 Å². The molecule has 1 unspecified atom stereocenters. The molecule has 0 radical (unpaired) electrons. The van der Waals surface area contributed by atoms with Gasteiger partial charge in [-0.15, -0.1) is 0 Å². The first-order chi connectivity index (χ1) is 9.29. The zero-order valence-electron chi connectivity index (χ0n) is 10.5. The summed E-state index contributed by atoms with van der Waals surface area (Å²) in [5.41, 5.74) is 1.96. The summed E-state index contributed by atoms with van der Waals surface area (Å²) in [5, 5.41) is 9.87. The predicted molar refractivity (Wildman–Crippen MR) is 70.9 cm³/mol. The normalized spacial score (nSPS) is 18.6. The lowest BCUT2D eigenvalue weighted by Crippen LogP contribution is -2.12. The molecule has 1 aromatic carbocycles. The fourth-order valence-electron chi connectivity index (χ4n) is 2.62. The van der Waals surface area contributed by atoms with Crippen molar-refractivity contribution in [2.24, 2.45) is 0 Å². The molecular formula is C15H14N2O2. The minimum Gasteiger partial charge on any atom is -0.378 e. The third kappa shape index (κ3) is 2.13. The Morgan fingerprint density at radius 3 is 3.16 bits per heavy atom. The number of hydrogen-bond acceptors (Lipinski definition) is 3. The van der Waals surface area contributed by atoms with Gasteiger partial charge >= 0.3 is 0 Å². The van der Waals surface area contributed by atoms with Gasteiger partial charge in [0.2, 0.25) is 0 Å². The predicted octanol–water partition coefficient (Wildman–Crippen LogP) is 2.79. The highest BCUT2D eigenvalue weighted by molar-refractivity contribution is 6.09. The Morgan fingerprint density at radius 2 is 2.42 bits per heavy atom. The van der Waals surface area contributed by atoms with E-state index in [1.807, 2.05) is 12.1 Å². The van der Waals surface area contributed by atoms with Crippen molar-refractivity contribution in [3.63, 3.8) is 0 Å². The number of rotatable bonds is 3. The number of aromatic nitrogens is 1. The van der Waals surface area contributed by atoms with E-state index in [4.69, 9.17) is 10.00 Å². The number of H-pyrrole nitrogens is 1. The van der Waals surface area contributed by atoms with E-state index in [0.717, 1.165) is 30.4 Å². The molecule has 1 aliphatic heterocycles. The molecule has 2 aromatic rings. The summed E-state index contributed by atoms with van der Waals surface area (Å²) in [6.45, 7) is 0.745. The monoisotopic (exact) mass is 254 g/mol. The maximum atomic E-state index is 12.3. The topological polar surface area (TPSA) is 65.9 Å². The molecule has 2 heterocycles. The average Bonchev–Trinajstić information content (AvgIpc) is 3.06. The number of nitriles is 1. The van der Waals surface area contributed by atoms with E-state index in [1.54, 1.807) is 12.3 Å². The van der Waals surface area contributed by atoms with E-state index in [0.29, 0.717) is 17.5 Å². The first-order valence-corrected chi connectivity index (χ1v) is 6.44. The molecule has 3 rings (SSSR count).